The summed E-state index contributed by atoms with van der Waals surface area (Å²) in [6.07, 6.45) is -3.50. The summed E-state index contributed by atoms with van der Waals surface area (Å²) < 4.78 is 43.1. The zero-order chi connectivity index (χ0) is 15.5. The number of nitrogens with zero attached hydrogens (tertiary/aromatic N) is 2. The Morgan fingerprint density at radius 1 is 1.38 bits per heavy atom. The second kappa shape index (κ2) is 6.31. The maximum absolute atomic E-state index is 12.2. The summed E-state index contributed by atoms with van der Waals surface area (Å²) in [5, 5.41) is 15.9. The first-order chi connectivity index (χ1) is 9.83. The third kappa shape index (κ3) is 4.91. The van der Waals surface area contributed by atoms with Crippen molar-refractivity contribution in [3.8, 4) is 11.5 Å². The highest BCUT2D eigenvalue weighted by atomic mass is 19.4. The van der Waals surface area contributed by atoms with Crippen LogP contribution in [0.4, 0.5) is 13.2 Å². The molecule has 0 spiro atoms. The van der Waals surface area contributed by atoms with E-state index in [4.69, 9.17) is 9.52 Å². The topological polar surface area (TPSA) is 63.2 Å². The minimum atomic E-state index is -4.30. The molecule has 0 fully saturated rings. The largest absolute Gasteiger partial charge is 0.458 e. The van der Waals surface area contributed by atoms with Crippen LogP contribution in [0, 0.1) is 0 Å². The lowest BCUT2D eigenvalue weighted by Crippen LogP contribution is -2.23. The zero-order valence-electron chi connectivity index (χ0n) is 11.4. The van der Waals surface area contributed by atoms with E-state index in [1.807, 2.05) is 0 Å². The van der Waals surface area contributed by atoms with Gasteiger partial charge in [0, 0.05) is 12.7 Å². The fraction of sp³-hybridized carbons (Fsp3) is 0.462. The van der Waals surface area contributed by atoms with Crippen LogP contribution in [-0.2, 0) is 13.1 Å². The molecule has 2 aromatic heterocycles. The average molecular weight is 303 g/mol. The summed E-state index contributed by atoms with van der Waals surface area (Å²) in [5.41, 5.74) is 0.348. The number of furan rings is 1. The van der Waals surface area contributed by atoms with E-state index in [9.17, 15) is 13.2 Å². The van der Waals surface area contributed by atoms with Gasteiger partial charge in [-0.1, -0.05) is 0 Å². The third-order valence-electron chi connectivity index (χ3n) is 2.64. The molecule has 2 rings (SSSR count). The third-order valence-corrected chi connectivity index (χ3v) is 2.64. The molecular weight excluding hydrogens is 287 g/mol. The zero-order valence-corrected chi connectivity index (χ0v) is 11.4. The van der Waals surface area contributed by atoms with Gasteiger partial charge in [0.1, 0.15) is 18.0 Å². The number of aromatic nitrogens is 2. The van der Waals surface area contributed by atoms with E-state index in [2.05, 4.69) is 10.4 Å². The van der Waals surface area contributed by atoms with Crippen LogP contribution in [0.1, 0.15) is 12.7 Å². The highest BCUT2D eigenvalue weighted by molar-refractivity contribution is 5.51. The summed E-state index contributed by atoms with van der Waals surface area (Å²) in [6, 6.07) is 4.84. The van der Waals surface area contributed by atoms with Crippen LogP contribution in [0.2, 0.25) is 0 Å². The maximum atomic E-state index is 12.2. The van der Waals surface area contributed by atoms with Gasteiger partial charge in [-0.05, 0) is 25.1 Å². The van der Waals surface area contributed by atoms with Gasteiger partial charge in [-0.15, -0.1) is 0 Å². The average Bonchev–Trinajstić information content (AvgIpc) is 2.95. The van der Waals surface area contributed by atoms with Gasteiger partial charge in [-0.25, -0.2) is 0 Å². The Morgan fingerprint density at radius 3 is 2.81 bits per heavy atom. The van der Waals surface area contributed by atoms with E-state index < -0.39 is 18.8 Å². The Labute approximate surface area is 119 Å². The minimum Gasteiger partial charge on any atom is -0.458 e. The summed E-state index contributed by atoms with van der Waals surface area (Å²) in [6.45, 7) is 1.38. The maximum Gasteiger partial charge on any atom is 0.408 e. The molecule has 0 aliphatic carbocycles. The summed E-state index contributed by atoms with van der Waals surface area (Å²) >= 11 is 0. The number of alkyl halides is 3. The molecule has 0 saturated carbocycles. The molecule has 0 aromatic carbocycles. The van der Waals surface area contributed by atoms with Gasteiger partial charge in [0.25, 0.3) is 0 Å². The van der Waals surface area contributed by atoms with Gasteiger partial charge in [-0.2, -0.15) is 18.3 Å². The van der Waals surface area contributed by atoms with Crippen LogP contribution in [0.5, 0.6) is 0 Å². The number of aliphatic hydroxyl groups excluding tert-OH is 1. The van der Waals surface area contributed by atoms with Crippen LogP contribution in [-0.4, -0.2) is 33.7 Å². The lowest BCUT2D eigenvalue weighted by molar-refractivity contribution is -0.142. The van der Waals surface area contributed by atoms with Crippen molar-refractivity contribution in [2.45, 2.75) is 32.3 Å². The summed E-state index contributed by atoms with van der Waals surface area (Å²) in [5.74, 6) is 1.03. The number of nitrogens with one attached hydrogen (secondary N) is 1. The van der Waals surface area contributed by atoms with Crippen molar-refractivity contribution >= 4 is 0 Å². The molecule has 0 aliphatic heterocycles. The Hall–Kier alpha value is -1.80. The second-order valence-electron chi connectivity index (χ2n) is 4.76. The predicted octanol–water partition coefficient (Wildman–Crippen LogP) is 2.18. The van der Waals surface area contributed by atoms with Crippen molar-refractivity contribution in [1.82, 2.24) is 15.1 Å². The Balaban J connectivity index is 1.98. The number of halogens is 3. The van der Waals surface area contributed by atoms with Crippen molar-refractivity contribution in [2.75, 3.05) is 6.54 Å². The second-order valence-corrected chi connectivity index (χ2v) is 4.76. The Morgan fingerprint density at radius 2 is 2.14 bits per heavy atom. The quantitative estimate of drug-likeness (QED) is 0.858. The first kappa shape index (κ1) is 15.6. The van der Waals surface area contributed by atoms with Gasteiger partial charge < -0.3 is 14.8 Å². The summed E-state index contributed by atoms with van der Waals surface area (Å²) in [4.78, 5) is 0. The first-order valence-corrected chi connectivity index (χ1v) is 6.41. The number of hydrogen-bond donors (Lipinski definition) is 2. The van der Waals surface area contributed by atoms with Crippen LogP contribution in [0.3, 0.4) is 0 Å². The smallest absolute Gasteiger partial charge is 0.408 e. The Kier molecular flexibility index (Phi) is 4.69. The summed E-state index contributed by atoms with van der Waals surface area (Å²) in [7, 11) is 0. The first-order valence-electron chi connectivity index (χ1n) is 6.41. The van der Waals surface area contributed by atoms with Gasteiger partial charge in [-0.3, -0.25) is 4.68 Å². The lowest BCUT2D eigenvalue weighted by Gasteiger charge is -2.05. The van der Waals surface area contributed by atoms with Gasteiger partial charge in [0.05, 0.1) is 12.6 Å². The normalized spacial score (nSPS) is 13.6. The molecule has 0 saturated heterocycles. The minimum absolute atomic E-state index is 0.348. The van der Waals surface area contributed by atoms with Crippen molar-refractivity contribution in [1.29, 1.82) is 0 Å². The van der Waals surface area contributed by atoms with Gasteiger partial charge >= 0.3 is 6.18 Å². The van der Waals surface area contributed by atoms with Crippen molar-refractivity contribution < 1.29 is 22.7 Å². The molecule has 21 heavy (non-hydrogen) atoms. The molecule has 2 N–H and O–H groups in total. The van der Waals surface area contributed by atoms with E-state index >= 15 is 0 Å². The molecule has 0 bridgehead atoms. The molecule has 1 atom stereocenters. The number of rotatable bonds is 6. The molecule has 0 aliphatic rings. The molecule has 0 radical (unpaired) electrons. The molecule has 0 amide bonds. The van der Waals surface area contributed by atoms with E-state index in [1.54, 1.807) is 19.1 Å². The standard InChI is InChI=1S/C13H16F3N3O2/c1-9(20)6-17-7-10-2-3-12(21-10)11-4-5-19(18-11)8-13(14,15)16/h2-5,9,17,20H,6-8H2,1H3. The fourth-order valence-corrected chi connectivity index (χ4v) is 1.78. The monoisotopic (exact) mass is 303 g/mol. The van der Waals surface area contributed by atoms with Gasteiger partial charge in [0.15, 0.2) is 5.76 Å². The van der Waals surface area contributed by atoms with Crippen molar-refractivity contribution in [3.63, 3.8) is 0 Å². The molecule has 116 valence electrons. The van der Waals surface area contributed by atoms with Crippen LogP contribution in [0.25, 0.3) is 11.5 Å². The number of hydrogen-bond acceptors (Lipinski definition) is 4. The Bertz CT molecular complexity index is 575. The lowest BCUT2D eigenvalue weighted by atomic mass is 10.3. The predicted molar refractivity (Wildman–Crippen MR) is 69.4 cm³/mol. The molecule has 2 aromatic rings. The highest BCUT2D eigenvalue weighted by Gasteiger charge is 2.28. The molecule has 5 nitrogen and oxygen atoms in total. The van der Waals surface area contributed by atoms with E-state index in [1.165, 1.54) is 12.3 Å². The molecule has 8 heteroatoms. The van der Waals surface area contributed by atoms with Gasteiger partial charge in [0.2, 0.25) is 0 Å². The highest BCUT2D eigenvalue weighted by Crippen LogP contribution is 2.22. The van der Waals surface area contributed by atoms with Crippen LogP contribution < -0.4 is 5.32 Å². The SMILES string of the molecule is CC(O)CNCc1ccc(-c2ccn(CC(F)(F)F)n2)o1. The van der Waals surface area contributed by atoms with E-state index in [0.717, 1.165) is 4.68 Å². The van der Waals surface area contributed by atoms with Crippen LogP contribution in [0.15, 0.2) is 28.8 Å². The molecule has 1 unspecified atom stereocenters. The van der Waals surface area contributed by atoms with Crippen molar-refractivity contribution in [2.24, 2.45) is 0 Å². The van der Waals surface area contributed by atoms with E-state index in [-0.39, 0.29) is 0 Å². The molecule has 2 heterocycles. The van der Waals surface area contributed by atoms with Crippen LogP contribution >= 0.6 is 0 Å². The fourth-order valence-electron chi connectivity index (χ4n) is 1.78. The molecular formula is C13H16F3N3O2. The number of aliphatic hydroxyl groups is 1. The van der Waals surface area contributed by atoms with Crippen molar-refractivity contribution in [3.05, 3.63) is 30.2 Å². The van der Waals surface area contributed by atoms with E-state index in [0.29, 0.717) is 30.3 Å².